The Balaban J connectivity index is 1.50. The van der Waals surface area contributed by atoms with E-state index < -0.39 is 12.1 Å². The lowest BCUT2D eigenvalue weighted by Crippen LogP contribution is -2.48. The molecule has 3 aromatic rings. The highest BCUT2D eigenvalue weighted by Gasteiger charge is 2.25. The van der Waals surface area contributed by atoms with Crippen LogP contribution in [0.15, 0.2) is 73.1 Å². The van der Waals surface area contributed by atoms with E-state index in [0.29, 0.717) is 50.3 Å². The van der Waals surface area contributed by atoms with Crippen molar-refractivity contribution in [1.82, 2.24) is 15.6 Å². The van der Waals surface area contributed by atoms with E-state index in [1.807, 2.05) is 55.5 Å². The third-order valence-electron chi connectivity index (χ3n) is 6.43. The molecule has 1 aliphatic heterocycles. The Morgan fingerprint density at radius 2 is 1.92 bits per heavy atom. The molecule has 4 rings (SSSR count). The molecule has 8 heteroatoms. The zero-order chi connectivity index (χ0) is 26.0. The topological polar surface area (TPSA) is 107 Å². The summed E-state index contributed by atoms with van der Waals surface area (Å²) >= 11 is 0. The van der Waals surface area contributed by atoms with Crippen molar-refractivity contribution >= 4 is 23.2 Å². The van der Waals surface area contributed by atoms with Gasteiger partial charge in [-0.05, 0) is 55.2 Å². The summed E-state index contributed by atoms with van der Waals surface area (Å²) in [6, 6.07) is 18.6. The predicted octanol–water partition coefficient (Wildman–Crippen LogP) is 3.13. The van der Waals surface area contributed by atoms with Crippen molar-refractivity contribution in [2.24, 2.45) is 0 Å². The van der Waals surface area contributed by atoms with Crippen LogP contribution in [-0.4, -0.2) is 53.7 Å². The van der Waals surface area contributed by atoms with Crippen molar-refractivity contribution in [3.05, 3.63) is 89.7 Å². The smallest absolute Gasteiger partial charge is 0.251 e. The number of hydrogen-bond acceptors (Lipinski definition) is 6. The monoisotopic (exact) mass is 501 g/mol. The van der Waals surface area contributed by atoms with E-state index in [1.165, 1.54) is 0 Å². The van der Waals surface area contributed by atoms with Crippen molar-refractivity contribution in [1.29, 1.82) is 0 Å². The van der Waals surface area contributed by atoms with Crippen molar-refractivity contribution < 1.29 is 14.7 Å². The Morgan fingerprint density at radius 1 is 1.11 bits per heavy atom. The number of benzene rings is 2. The lowest BCUT2D eigenvalue weighted by Gasteiger charge is -2.25. The number of amides is 2. The Kier molecular flexibility index (Phi) is 9.24. The van der Waals surface area contributed by atoms with Crippen LogP contribution in [0.25, 0.3) is 0 Å². The van der Waals surface area contributed by atoms with Crippen LogP contribution < -0.4 is 20.9 Å². The van der Waals surface area contributed by atoms with Gasteiger partial charge in [0.25, 0.3) is 5.91 Å². The molecule has 194 valence electrons. The van der Waals surface area contributed by atoms with E-state index in [-0.39, 0.29) is 11.8 Å². The van der Waals surface area contributed by atoms with Crippen molar-refractivity contribution in [3.63, 3.8) is 0 Å². The maximum Gasteiger partial charge on any atom is 0.251 e. The number of hydrogen-bond donors (Lipinski definition) is 4. The van der Waals surface area contributed by atoms with Crippen LogP contribution in [0.1, 0.15) is 41.3 Å². The second kappa shape index (κ2) is 13.0. The highest BCUT2D eigenvalue weighted by Crippen LogP contribution is 2.27. The fourth-order valence-electron chi connectivity index (χ4n) is 4.54. The second-order valence-electron chi connectivity index (χ2n) is 9.28. The number of anilines is 2. The molecule has 37 heavy (non-hydrogen) atoms. The van der Waals surface area contributed by atoms with Crippen LogP contribution in [0.4, 0.5) is 11.4 Å². The Labute approximate surface area is 218 Å². The van der Waals surface area contributed by atoms with Crippen LogP contribution in [0, 0.1) is 0 Å². The number of aromatic nitrogens is 1. The van der Waals surface area contributed by atoms with E-state index in [9.17, 15) is 14.7 Å². The largest absolute Gasteiger partial charge is 0.390 e. The first-order valence-electron chi connectivity index (χ1n) is 12.8. The van der Waals surface area contributed by atoms with E-state index >= 15 is 0 Å². The molecular formula is C29H35N5O3. The summed E-state index contributed by atoms with van der Waals surface area (Å²) in [5, 5.41) is 20.7. The van der Waals surface area contributed by atoms with Crippen LogP contribution in [0.3, 0.4) is 0 Å². The quantitative estimate of drug-likeness (QED) is 0.304. The molecule has 1 saturated heterocycles. The highest BCUT2D eigenvalue weighted by molar-refractivity contribution is 6.00. The maximum absolute atomic E-state index is 13.5. The summed E-state index contributed by atoms with van der Waals surface area (Å²) in [6.07, 6.45) is 4.49. The van der Waals surface area contributed by atoms with Gasteiger partial charge in [0.1, 0.15) is 0 Å². The number of nitrogens with one attached hydrogen (secondary N) is 3. The zero-order valence-electron chi connectivity index (χ0n) is 21.2. The first kappa shape index (κ1) is 26.3. The van der Waals surface area contributed by atoms with Gasteiger partial charge in [-0.25, -0.2) is 0 Å². The molecular weight excluding hydrogens is 466 g/mol. The van der Waals surface area contributed by atoms with Gasteiger partial charge in [-0.2, -0.15) is 0 Å². The average molecular weight is 502 g/mol. The summed E-state index contributed by atoms with van der Waals surface area (Å²) in [4.78, 5) is 31.7. The molecule has 2 atom stereocenters. The number of nitrogens with zero attached hydrogens (tertiary/aromatic N) is 2. The molecule has 1 aliphatic rings. The normalized spacial score (nSPS) is 14.9. The minimum Gasteiger partial charge on any atom is -0.390 e. The lowest BCUT2D eigenvalue weighted by molar-refractivity contribution is -0.117. The van der Waals surface area contributed by atoms with Gasteiger partial charge >= 0.3 is 0 Å². The van der Waals surface area contributed by atoms with Gasteiger partial charge in [0, 0.05) is 61.9 Å². The molecule has 1 aromatic heterocycles. The van der Waals surface area contributed by atoms with E-state index in [0.717, 1.165) is 23.2 Å². The standard InChI is InChI=1S/C29H35N5O3/c1-2-32-24-15-23(16-25(17-24)34-13-7-11-28(34)36)29(37)33-26(14-21-8-4-3-5-9-21)27(35)20-31-19-22-10-6-12-30-18-22/h3-6,8-10,12,15-18,26-27,31-32,35H,2,7,11,13-14,19-20H2,1H3,(H,33,37)/t26-,27-/m0/s1. The molecule has 2 amide bonds. The third kappa shape index (κ3) is 7.38. The molecule has 2 heterocycles. The minimum absolute atomic E-state index is 0.0667. The number of aliphatic hydroxyl groups excluding tert-OH is 1. The minimum atomic E-state index is -0.822. The third-order valence-corrected chi connectivity index (χ3v) is 6.43. The summed E-state index contributed by atoms with van der Waals surface area (Å²) in [6.45, 7) is 4.19. The van der Waals surface area contributed by atoms with Gasteiger partial charge < -0.3 is 26.0 Å². The Morgan fingerprint density at radius 3 is 2.62 bits per heavy atom. The summed E-state index contributed by atoms with van der Waals surface area (Å²) in [5.74, 6) is -0.225. The van der Waals surface area contributed by atoms with Crippen LogP contribution >= 0.6 is 0 Å². The number of aliphatic hydroxyl groups is 1. The van der Waals surface area contributed by atoms with Crippen LogP contribution in [0.2, 0.25) is 0 Å². The summed E-state index contributed by atoms with van der Waals surface area (Å²) in [5.41, 5.74) is 3.97. The average Bonchev–Trinajstić information content (AvgIpc) is 3.35. The van der Waals surface area contributed by atoms with Crippen LogP contribution in [-0.2, 0) is 17.8 Å². The first-order chi connectivity index (χ1) is 18.0. The number of rotatable bonds is 12. The van der Waals surface area contributed by atoms with E-state index in [2.05, 4.69) is 20.9 Å². The van der Waals surface area contributed by atoms with Gasteiger partial charge in [0.2, 0.25) is 5.91 Å². The highest BCUT2D eigenvalue weighted by atomic mass is 16.3. The molecule has 0 aliphatic carbocycles. The van der Waals surface area contributed by atoms with E-state index in [4.69, 9.17) is 0 Å². The molecule has 0 saturated carbocycles. The first-order valence-corrected chi connectivity index (χ1v) is 12.8. The number of carbonyl (C=O) groups is 2. The fourth-order valence-corrected chi connectivity index (χ4v) is 4.54. The van der Waals surface area contributed by atoms with Crippen molar-refractivity contribution in [2.75, 3.05) is 29.9 Å². The molecule has 0 bridgehead atoms. The molecule has 4 N–H and O–H groups in total. The van der Waals surface area contributed by atoms with E-state index in [1.54, 1.807) is 29.4 Å². The summed E-state index contributed by atoms with van der Waals surface area (Å²) < 4.78 is 0. The van der Waals surface area contributed by atoms with Gasteiger partial charge in [-0.3, -0.25) is 14.6 Å². The van der Waals surface area contributed by atoms with Crippen LogP contribution in [0.5, 0.6) is 0 Å². The lowest BCUT2D eigenvalue weighted by atomic mass is 10.00. The predicted molar refractivity (Wildman–Crippen MR) is 146 cm³/mol. The number of carbonyl (C=O) groups excluding carboxylic acids is 2. The molecule has 2 aromatic carbocycles. The molecule has 0 unspecified atom stereocenters. The fraction of sp³-hybridized carbons (Fsp3) is 0.345. The molecule has 8 nitrogen and oxygen atoms in total. The maximum atomic E-state index is 13.5. The van der Waals surface area contributed by atoms with Crippen molar-refractivity contribution in [3.8, 4) is 0 Å². The molecule has 0 radical (unpaired) electrons. The Bertz CT molecular complexity index is 1170. The van der Waals surface area contributed by atoms with Crippen molar-refractivity contribution in [2.45, 2.75) is 44.9 Å². The molecule has 1 fully saturated rings. The van der Waals surface area contributed by atoms with Gasteiger partial charge in [0.15, 0.2) is 0 Å². The second-order valence-corrected chi connectivity index (χ2v) is 9.28. The van der Waals surface area contributed by atoms with Gasteiger partial charge in [-0.1, -0.05) is 36.4 Å². The van der Waals surface area contributed by atoms with Gasteiger partial charge in [-0.15, -0.1) is 0 Å². The summed E-state index contributed by atoms with van der Waals surface area (Å²) in [7, 11) is 0. The van der Waals surface area contributed by atoms with Gasteiger partial charge in [0.05, 0.1) is 12.1 Å². The Hall–Kier alpha value is -3.75. The number of pyridine rings is 1. The zero-order valence-corrected chi connectivity index (χ0v) is 21.2. The SMILES string of the molecule is CCNc1cc(C(=O)N[C@@H](Cc2ccccc2)[C@@H](O)CNCc2cccnc2)cc(N2CCCC2=O)c1. The molecule has 0 spiro atoms.